The van der Waals surface area contributed by atoms with Crippen molar-refractivity contribution >= 4 is 28.8 Å². The van der Waals surface area contributed by atoms with E-state index in [-0.39, 0.29) is 11.8 Å². The Balaban J connectivity index is 1.50. The number of fused-ring (bicyclic) bond motifs is 2. The number of ether oxygens (including phenoxy) is 1. The lowest BCUT2D eigenvalue weighted by Gasteiger charge is -2.10. The number of thiazole rings is 1. The van der Waals surface area contributed by atoms with E-state index in [1.165, 1.54) is 0 Å². The van der Waals surface area contributed by atoms with Crippen LogP contribution in [-0.2, 0) is 6.54 Å². The van der Waals surface area contributed by atoms with Gasteiger partial charge in [-0.25, -0.2) is 4.98 Å². The highest BCUT2D eigenvalue weighted by Gasteiger charge is 2.21. The third kappa shape index (κ3) is 3.61. The minimum Gasteiger partial charge on any atom is -0.454 e. The SMILES string of the molecule is CC(C)c1ncc(CNC(=O)c2ccc3c(c2)NC(=O)c2ccccc2O3)s1. The standard InChI is InChI=1S/C21H19N3O3S/c1-12(2)21-23-11-14(28-21)10-22-19(25)13-7-8-18-16(9-13)24-20(26)15-5-3-4-6-17(15)27-18/h3-9,11-12H,10H2,1-2H3,(H,22,25)(H,24,26). The van der Waals surface area contributed by atoms with E-state index >= 15 is 0 Å². The van der Waals surface area contributed by atoms with Crippen molar-refractivity contribution in [1.29, 1.82) is 0 Å². The molecule has 0 saturated heterocycles. The molecule has 0 saturated carbocycles. The average Bonchev–Trinajstić information content (AvgIpc) is 3.11. The van der Waals surface area contributed by atoms with Crippen LogP contribution in [0.3, 0.4) is 0 Å². The summed E-state index contributed by atoms with van der Waals surface area (Å²) in [5.41, 5.74) is 1.37. The summed E-state index contributed by atoms with van der Waals surface area (Å²) in [6.07, 6.45) is 1.79. The molecule has 0 fully saturated rings. The van der Waals surface area contributed by atoms with E-state index in [2.05, 4.69) is 29.5 Å². The number of para-hydroxylation sites is 1. The number of hydrogen-bond acceptors (Lipinski definition) is 5. The summed E-state index contributed by atoms with van der Waals surface area (Å²) in [4.78, 5) is 30.3. The first-order valence-electron chi connectivity index (χ1n) is 8.96. The first-order valence-corrected chi connectivity index (χ1v) is 9.78. The van der Waals surface area contributed by atoms with Gasteiger partial charge in [-0.2, -0.15) is 0 Å². The highest BCUT2D eigenvalue weighted by atomic mass is 32.1. The molecule has 6 nitrogen and oxygen atoms in total. The van der Waals surface area contributed by atoms with Gasteiger partial charge in [0.15, 0.2) is 5.75 Å². The van der Waals surface area contributed by atoms with Crippen LogP contribution in [0.1, 0.15) is 50.4 Å². The molecule has 1 aliphatic heterocycles. The fourth-order valence-corrected chi connectivity index (χ4v) is 3.71. The number of anilines is 1. The molecular formula is C21H19N3O3S. The second-order valence-electron chi connectivity index (χ2n) is 6.77. The Hall–Kier alpha value is -3.19. The van der Waals surface area contributed by atoms with Gasteiger partial charge in [0.05, 0.1) is 22.8 Å². The summed E-state index contributed by atoms with van der Waals surface area (Å²) in [6, 6.07) is 12.0. The molecule has 2 heterocycles. The monoisotopic (exact) mass is 393 g/mol. The zero-order chi connectivity index (χ0) is 19.7. The number of nitrogens with zero attached hydrogens (tertiary/aromatic N) is 1. The molecule has 2 aromatic carbocycles. The summed E-state index contributed by atoms with van der Waals surface area (Å²) in [7, 11) is 0. The topological polar surface area (TPSA) is 80.3 Å². The first kappa shape index (κ1) is 18.2. The van der Waals surface area contributed by atoms with E-state index in [1.807, 2.05) is 6.07 Å². The van der Waals surface area contributed by atoms with Crippen LogP contribution < -0.4 is 15.4 Å². The number of nitrogens with one attached hydrogen (secondary N) is 2. The molecule has 0 atom stereocenters. The smallest absolute Gasteiger partial charge is 0.259 e. The van der Waals surface area contributed by atoms with Gasteiger partial charge in [0, 0.05) is 22.6 Å². The van der Waals surface area contributed by atoms with Crippen molar-refractivity contribution < 1.29 is 14.3 Å². The predicted octanol–water partition coefficient (Wildman–Crippen LogP) is 4.55. The largest absolute Gasteiger partial charge is 0.454 e. The lowest BCUT2D eigenvalue weighted by molar-refractivity contribution is 0.0950. The molecule has 0 aliphatic carbocycles. The summed E-state index contributed by atoms with van der Waals surface area (Å²) in [5, 5.41) is 6.76. The number of benzene rings is 2. The molecule has 0 unspecified atom stereocenters. The highest BCUT2D eigenvalue weighted by molar-refractivity contribution is 7.11. The Bertz CT molecular complexity index is 1060. The maximum absolute atomic E-state index is 12.5. The van der Waals surface area contributed by atoms with E-state index < -0.39 is 0 Å². The van der Waals surface area contributed by atoms with Crippen molar-refractivity contribution in [1.82, 2.24) is 10.3 Å². The zero-order valence-corrected chi connectivity index (χ0v) is 16.3. The van der Waals surface area contributed by atoms with E-state index in [9.17, 15) is 9.59 Å². The minimum atomic E-state index is -0.266. The third-order valence-corrected chi connectivity index (χ3v) is 5.63. The van der Waals surface area contributed by atoms with Crippen molar-refractivity contribution in [3.05, 3.63) is 69.7 Å². The molecule has 7 heteroatoms. The zero-order valence-electron chi connectivity index (χ0n) is 15.5. The maximum atomic E-state index is 12.5. The predicted molar refractivity (Wildman–Crippen MR) is 108 cm³/mol. The first-order chi connectivity index (χ1) is 13.5. The van der Waals surface area contributed by atoms with E-state index in [0.717, 1.165) is 9.88 Å². The highest BCUT2D eigenvalue weighted by Crippen LogP contribution is 2.36. The Morgan fingerprint density at radius 1 is 1.21 bits per heavy atom. The van der Waals surface area contributed by atoms with Gasteiger partial charge in [-0.15, -0.1) is 11.3 Å². The second-order valence-corrected chi connectivity index (χ2v) is 7.91. The lowest BCUT2D eigenvalue weighted by atomic mass is 10.1. The van der Waals surface area contributed by atoms with Gasteiger partial charge < -0.3 is 15.4 Å². The normalized spacial score (nSPS) is 12.5. The number of rotatable bonds is 4. The van der Waals surface area contributed by atoms with Crippen molar-refractivity contribution in [2.45, 2.75) is 26.3 Å². The molecule has 1 aromatic heterocycles. The Kier molecular flexibility index (Phi) is 4.83. The van der Waals surface area contributed by atoms with Crippen molar-refractivity contribution in [3.8, 4) is 11.5 Å². The summed E-state index contributed by atoms with van der Waals surface area (Å²) in [5.74, 6) is 0.865. The Morgan fingerprint density at radius 3 is 2.82 bits per heavy atom. The molecule has 4 rings (SSSR count). The third-order valence-electron chi connectivity index (χ3n) is 4.33. The van der Waals surface area contributed by atoms with Crippen LogP contribution in [-0.4, -0.2) is 16.8 Å². The fourth-order valence-electron chi connectivity index (χ4n) is 2.85. The second kappa shape index (κ2) is 7.44. The molecule has 142 valence electrons. The van der Waals surface area contributed by atoms with E-state index in [4.69, 9.17) is 4.74 Å². The molecule has 0 radical (unpaired) electrons. The van der Waals surface area contributed by atoms with Crippen LogP contribution in [0.25, 0.3) is 0 Å². The molecule has 0 bridgehead atoms. The number of carbonyl (C=O) groups is 2. The van der Waals surface area contributed by atoms with Gasteiger partial charge >= 0.3 is 0 Å². The fraction of sp³-hybridized carbons (Fsp3) is 0.190. The van der Waals surface area contributed by atoms with E-state index in [0.29, 0.717) is 40.8 Å². The summed E-state index contributed by atoms with van der Waals surface area (Å²) < 4.78 is 5.84. The molecule has 1 aliphatic rings. The molecular weight excluding hydrogens is 374 g/mol. The van der Waals surface area contributed by atoms with Crippen LogP contribution in [0.15, 0.2) is 48.7 Å². The Labute approximate surface area is 166 Å². The summed E-state index contributed by atoms with van der Waals surface area (Å²) in [6.45, 7) is 4.59. The average molecular weight is 393 g/mol. The van der Waals surface area contributed by atoms with Crippen molar-refractivity contribution in [2.75, 3.05) is 5.32 Å². The Morgan fingerprint density at radius 2 is 2.04 bits per heavy atom. The molecule has 2 N–H and O–H groups in total. The van der Waals surface area contributed by atoms with Crippen LogP contribution in [0.5, 0.6) is 11.5 Å². The maximum Gasteiger partial charge on any atom is 0.259 e. The van der Waals surface area contributed by atoms with Crippen molar-refractivity contribution in [2.24, 2.45) is 0 Å². The van der Waals surface area contributed by atoms with Gasteiger partial charge in [0.2, 0.25) is 0 Å². The van der Waals surface area contributed by atoms with E-state index in [1.54, 1.807) is 53.9 Å². The molecule has 28 heavy (non-hydrogen) atoms. The molecule has 2 amide bonds. The van der Waals surface area contributed by atoms with Gasteiger partial charge in [-0.1, -0.05) is 26.0 Å². The van der Waals surface area contributed by atoms with Gasteiger partial charge in [-0.05, 0) is 30.3 Å². The minimum absolute atomic E-state index is 0.224. The lowest BCUT2D eigenvalue weighted by Crippen LogP contribution is -2.22. The molecule has 0 spiro atoms. The number of carbonyl (C=O) groups excluding carboxylic acids is 2. The van der Waals surface area contributed by atoms with Crippen LogP contribution in [0, 0.1) is 0 Å². The quantitative estimate of drug-likeness (QED) is 0.681. The van der Waals surface area contributed by atoms with Gasteiger partial charge in [0.25, 0.3) is 11.8 Å². The number of amides is 2. The number of aromatic nitrogens is 1. The van der Waals surface area contributed by atoms with Crippen LogP contribution in [0.4, 0.5) is 5.69 Å². The number of hydrogen-bond donors (Lipinski definition) is 2. The molecule has 3 aromatic rings. The van der Waals surface area contributed by atoms with Crippen molar-refractivity contribution in [3.63, 3.8) is 0 Å². The van der Waals surface area contributed by atoms with Gasteiger partial charge in [-0.3, -0.25) is 9.59 Å². The summed E-state index contributed by atoms with van der Waals surface area (Å²) >= 11 is 1.59. The van der Waals surface area contributed by atoms with Crippen LogP contribution in [0.2, 0.25) is 0 Å². The van der Waals surface area contributed by atoms with Gasteiger partial charge in [0.1, 0.15) is 5.75 Å². The van der Waals surface area contributed by atoms with Crippen LogP contribution >= 0.6 is 11.3 Å².